The van der Waals surface area contributed by atoms with E-state index in [9.17, 15) is 9.18 Å². The van der Waals surface area contributed by atoms with Crippen molar-refractivity contribution < 1.29 is 9.18 Å². The molecule has 1 saturated heterocycles. The first kappa shape index (κ1) is 21.0. The van der Waals surface area contributed by atoms with E-state index in [2.05, 4.69) is 21.8 Å². The molecule has 0 saturated carbocycles. The lowest BCUT2D eigenvalue weighted by Crippen LogP contribution is -2.44. The van der Waals surface area contributed by atoms with E-state index < -0.39 is 0 Å². The van der Waals surface area contributed by atoms with E-state index in [0.717, 1.165) is 43.1 Å². The van der Waals surface area contributed by atoms with Gasteiger partial charge in [-0.2, -0.15) is 0 Å². The fourth-order valence-corrected chi connectivity index (χ4v) is 3.78. The van der Waals surface area contributed by atoms with Gasteiger partial charge in [-0.15, -0.1) is 0 Å². The summed E-state index contributed by atoms with van der Waals surface area (Å²) < 4.78 is 13.5. The number of rotatable bonds is 5. The standard InChI is InChI=1S/C25H27FN4O/c1-19-5-3-4-6-23(19)25(31)30(22-10-8-21(26)9-11-22)18-20-7-12-24(27-17-20)29-15-13-28(2)14-16-29/h3-12,17H,13-16,18H2,1-2H3. The Bertz CT molecular complexity index is 1030. The number of hydrogen-bond acceptors (Lipinski definition) is 4. The molecule has 160 valence electrons. The van der Waals surface area contributed by atoms with Crippen molar-refractivity contribution in [3.63, 3.8) is 0 Å². The molecule has 1 aliphatic heterocycles. The summed E-state index contributed by atoms with van der Waals surface area (Å²) in [5.41, 5.74) is 3.11. The van der Waals surface area contributed by atoms with Crippen LogP contribution in [-0.2, 0) is 6.54 Å². The number of piperazine rings is 1. The molecular weight excluding hydrogens is 391 g/mol. The Balaban J connectivity index is 1.58. The number of hydrogen-bond donors (Lipinski definition) is 0. The highest BCUT2D eigenvalue weighted by Gasteiger charge is 2.21. The normalized spacial score (nSPS) is 14.5. The van der Waals surface area contributed by atoms with Crippen LogP contribution >= 0.6 is 0 Å². The SMILES string of the molecule is Cc1ccccc1C(=O)N(Cc1ccc(N2CCN(C)CC2)nc1)c1ccc(F)cc1. The highest BCUT2D eigenvalue weighted by Crippen LogP contribution is 2.23. The zero-order valence-electron chi connectivity index (χ0n) is 18.0. The molecule has 31 heavy (non-hydrogen) atoms. The van der Waals surface area contributed by atoms with Crippen LogP contribution in [0, 0.1) is 12.7 Å². The van der Waals surface area contributed by atoms with E-state index in [0.29, 0.717) is 17.8 Å². The van der Waals surface area contributed by atoms with Gasteiger partial charge < -0.3 is 14.7 Å². The maximum Gasteiger partial charge on any atom is 0.258 e. The molecule has 1 amide bonds. The van der Waals surface area contributed by atoms with Crippen LogP contribution in [0.2, 0.25) is 0 Å². The molecule has 0 atom stereocenters. The van der Waals surface area contributed by atoms with E-state index in [-0.39, 0.29) is 11.7 Å². The maximum absolute atomic E-state index is 13.5. The molecule has 0 spiro atoms. The Morgan fingerprint density at radius 3 is 2.35 bits per heavy atom. The zero-order valence-corrected chi connectivity index (χ0v) is 18.0. The van der Waals surface area contributed by atoms with E-state index in [4.69, 9.17) is 0 Å². The summed E-state index contributed by atoms with van der Waals surface area (Å²) in [5, 5.41) is 0. The number of likely N-dealkylation sites (N-methyl/N-ethyl adjacent to an activating group) is 1. The van der Waals surface area contributed by atoms with Crippen molar-refractivity contribution in [1.29, 1.82) is 0 Å². The minimum Gasteiger partial charge on any atom is -0.354 e. The summed E-state index contributed by atoms with van der Waals surface area (Å²) in [6.07, 6.45) is 1.83. The Labute approximate surface area is 182 Å². The second-order valence-corrected chi connectivity index (χ2v) is 8.00. The molecule has 2 aromatic carbocycles. The van der Waals surface area contributed by atoms with Gasteiger partial charge in [-0.25, -0.2) is 9.37 Å². The summed E-state index contributed by atoms with van der Waals surface area (Å²) in [6, 6.07) is 17.6. The number of benzene rings is 2. The molecule has 1 fully saturated rings. The molecule has 0 N–H and O–H groups in total. The van der Waals surface area contributed by atoms with Gasteiger partial charge in [-0.3, -0.25) is 4.79 Å². The lowest BCUT2D eigenvalue weighted by Gasteiger charge is -2.33. The van der Waals surface area contributed by atoms with Crippen LogP contribution in [-0.4, -0.2) is 49.0 Å². The smallest absolute Gasteiger partial charge is 0.258 e. The van der Waals surface area contributed by atoms with Crippen LogP contribution in [0.15, 0.2) is 66.9 Å². The van der Waals surface area contributed by atoms with Crippen LogP contribution in [0.4, 0.5) is 15.9 Å². The molecule has 3 aromatic rings. The van der Waals surface area contributed by atoms with E-state index >= 15 is 0 Å². The van der Waals surface area contributed by atoms with Crippen LogP contribution in [0.25, 0.3) is 0 Å². The third kappa shape index (κ3) is 4.91. The van der Waals surface area contributed by atoms with Gasteiger partial charge in [0.1, 0.15) is 11.6 Å². The van der Waals surface area contributed by atoms with Crippen molar-refractivity contribution in [2.24, 2.45) is 0 Å². The van der Waals surface area contributed by atoms with Crippen LogP contribution in [0.5, 0.6) is 0 Å². The quantitative estimate of drug-likeness (QED) is 0.625. The van der Waals surface area contributed by atoms with Gasteiger partial charge in [0.2, 0.25) is 0 Å². The van der Waals surface area contributed by atoms with Gasteiger partial charge in [0.15, 0.2) is 0 Å². The summed E-state index contributed by atoms with van der Waals surface area (Å²) >= 11 is 0. The lowest BCUT2D eigenvalue weighted by atomic mass is 10.1. The molecular formula is C25H27FN4O. The molecule has 2 heterocycles. The highest BCUT2D eigenvalue weighted by molar-refractivity contribution is 6.06. The number of aromatic nitrogens is 1. The summed E-state index contributed by atoms with van der Waals surface area (Å²) in [6.45, 7) is 6.23. The molecule has 1 aliphatic rings. The largest absolute Gasteiger partial charge is 0.354 e. The first-order valence-corrected chi connectivity index (χ1v) is 10.5. The molecule has 6 heteroatoms. The highest BCUT2D eigenvalue weighted by atomic mass is 19.1. The minimum absolute atomic E-state index is 0.118. The number of aryl methyl sites for hydroxylation is 1. The first-order valence-electron chi connectivity index (χ1n) is 10.5. The monoisotopic (exact) mass is 418 g/mol. The fourth-order valence-electron chi connectivity index (χ4n) is 3.78. The van der Waals surface area contributed by atoms with Crippen molar-refractivity contribution >= 4 is 17.4 Å². The third-order valence-electron chi connectivity index (χ3n) is 5.74. The molecule has 4 rings (SSSR count). The number of nitrogens with zero attached hydrogens (tertiary/aromatic N) is 4. The number of pyridine rings is 1. The second-order valence-electron chi connectivity index (χ2n) is 8.00. The van der Waals surface area contributed by atoms with Crippen molar-refractivity contribution in [2.75, 3.05) is 43.0 Å². The molecule has 0 aliphatic carbocycles. The number of amides is 1. The van der Waals surface area contributed by atoms with Crippen molar-refractivity contribution in [1.82, 2.24) is 9.88 Å². The average Bonchev–Trinajstić information content (AvgIpc) is 2.79. The number of carbonyl (C=O) groups is 1. The van der Waals surface area contributed by atoms with Crippen LogP contribution < -0.4 is 9.80 Å². The number of carbonyl (C=O) groups excluding carboxylic acids is 1. The fraction of sp³-hybridized carbons (Fsp3) is 0.280. The molecule has 1 aromatic heterocycles. The molecule has 0 bridgehead atoms. The number of anilines is 2. The zero-order chi connectivity index (χ0) is 21.8. The summed E-state index contributed by atoms with van der Waals surface area (Å²) in [5.74, 6) is 0.508. The van der Waals surface area contributed by atoms with Crippen LogP contribution in [0.1, 0.15) is 21.5 Å². The van der Waals surface area contributed by atoms with Gasteiger partial charge in [0.25, 0.3) is 5.91 Å². The minimum atomic E-state index is -0.328. The third-order valence-corrected chi connectivity index (χ3v) is 5.74. The van der Waals surface area contributed by atoms with Crippen LogP contribution in [0.3, 0.4) is 0 Å². The van der Waals surface area contributed by atoms with E-state index in [1.807, 2.05) is 49.5 Å². The summed E-state index contributed by atoms with van der Waals surface area (Å²) in [4.78, 5) is 24.3. The van der Waals surface area contributed by atoms with Gasteiger partial charge in [-0.05, 0) is 61.5 Å². The van der Waals surface area contributed by atoms with E-state index in [1.54, 1.807) is 17.0 Å². The maximum atomic E-state index is 13.5. The van der Waals surface area contributed by atoms with Gasteiger partial charge in [-0.1, -0.05) is 24.3 Å². The Morgan fingerprint density at radius 1 is 1.00 bits per heavy atom. The Morgan fingerprint density at radius 2 is 1.71 bits per heavy atom. The lowest BCUT2D eigenvalue weighted by molar-refractivity contribution is 0.0984. The molecule has 0 unspecified atom stereocenters. The molecule has 0 radical (unpaired) electrons. The van der Waals surface area contributed by atoms with Crippen molar-refractivity contribution in [3.05, 3.63) is 89.4 Å². The molecule has 5 nitrogen and oxygen atoms in total. The van der Waals surface area contributed by atoms with Gasteiger partial charge in [0.05, 0.1) is 6.54 Å². The Kier molecular flexibility index (Phi) is 6.28. The topological polar surface area (TPSA) is 39.7 Å². The number of halogens is 1. The van der Waals surface area contributed by atoms with Gasteiger partial charge >= 0.3 is 0 Å². The predicted octanol–water partition coefficient (Wildman–Crippen LogP) is 4.13. The van der Waals surface area contributed by atoms with Crippen molar-refractivity contribution in [2.45, 2.75) is 13.5 Å². The van der Waals surface area contributed by atoms with Crippen molar-refractivity contribution in [3.8, 4) is 0 Å². The Hall–Kier alpha value is -3.25. The predicted molar refractivity (Wildman–Crippen MR) is 122 cm³/mol. The second kappa shape index (κ2) is 9.27. The average molecular weight is 419 g/mol. The van der Waals surface area contributed by atoms with E-state index in [1.165, 1.54) is 12.1 Å². The van der Waals surface area contributed by atoms with Gasteiger partial charge in [0, 0.05) is 43.6 Å². The first-order chi connectivity index (χ1) is 15.0. The summed E-state index contributed by atoms with van der Waals surface area (Å²) in [7, 11) is 2.13.